The highest BCUT2D eigenvalue weighted by Gasteiger charge is 2.37. The van der Waals surface area contributed by atoms with Gasteiger partial charge in [0.25, 0.3) is 0 Å². The van der Waals surface area contributed by atoms with Crippen LogP contribution in [0.2, 0.25) is 0 Å². The van der Waals surface area contributed by atoms with Crippen LogP contribution in [0.4, 0.5) is 5.69 Å². The van der Waals surface area contributed by atoms with Crippen LogP contribution in [-0.2, 0) is 9.59 Å². The molecule has 0 aromatic heterocycles. The first-order valence-corrected chi connectivity index (χ1v) is 12.1. The Hall–Kier alpha value is -3.30. The zero-order chi connectivity index (χ0) is 23.5. The van der Waals surface area contributed by atoms with Crippen LogP contribution in [-0.4, -0.2) is 17.4 Å². The summed E-state index contributed by atoms with van der Waals surface area (Å²) in [6.45, 7) is 5.95. The Bertz CT molecular complexity index is 1240. The van der Waals surface area contributed by atoms with Gasteiger partial charge in [-0.25, -0.2) is 0 Å². The summed E-state index contributed by atoms with van der Waals surface area (Å²) < 4.78 is 0. The number of thioether (sulfide) groups is 1. The van der Waals surface area contributed by atoms with E-state index in [-0.39, 0.29) is 17.4 Å². The van der Waals surface area contributed by atoms with Crippen LogP contribution >= 0.6 is 11.8 Å². The molecule has 1 amide bonds. The molecule has 2 aliphatic rings. The minimum Gasteiger partial charge on any atom is -0.352 e. The number of dihydropyridines is 1. The van der Waals surface area contributed by atoms with Crippen molar-refractivity contribution in [1.82, 2.24) is 5.32 Å². The Kier molecular flexibility index (Phi) is 6.71. The van der Waals surface area contributed by atoms with Crippen LogP contribution in [0.5, 0.6) is 0 Å². The van der Waals surface area contributed by atoms with E-state index in [1.54, 1.807) is 0 Å². The van der Waals surface area contributed by atoms with Gasteiger partial charge in [0.2, 0.25) is 5.91 Å². The summed E-state index contributed by atoms with van der Waals surface area (Å²) in [5, 5.41) is 17.1. The van der Waals surface area contributed by atoms with Gasteiger partial charge in [0.1, 0.15) is 0 Å². The lowest BCUT2D eigenvalue weighted by molar-refractivity contribution is -0.116. The fraction of sp³-hybridized carbons (Fsp3) is 0.296. The average molecular weight is 458 g/mol. The molecule has 5 nitrogen and oxygen atoms in total. The van der Waals surface area contributed by atoms with Gasteiger partial charge in [-0.2, -0.15) is 5.26 Å². The second-order valence-corrected chi connectivity index (χ2v) is 9.58. The molecule has 0 saturated carbocycles. The highest BCUT2D eigenvalue weighted by molar-refractivity contribution is 8.03. The first-order valence-electron chi connectivity index (χ1n) is 11.1. The van der Waals surface area contributed by atoms with Crippen molar-refractivity contribution in [2.45, 2.75) is 46.0 Å². The number of hydrogen-bond acceptors (Lipinski definition) is 5. The van der Waals surface area contributed by atoms with Gasteiger partial charge >= 0.3 is 0 Å². The van der Waals surface area contributed by atoms with E-state index < -0.39 is 5.92 Å². The van der Waals surface area contributed by atoms with E-state index in [1.165, 1.54) is 11.8 Å². The predicted molar refractivity (Wildman–Crippen MR) is 133 cm³/mol. The molecule has 1 atom stereocenters. The highest BCUT2D eigenvalue weighted by atomic mass is 32.2. The molecule has 33 heavy (non-hydrogen) atoms. The predicted octanol–water partition coefficient (Wildman–Crippen LogP) is 5.41. The van der Waals surface area contributed by atoms with Crippen molar-refractivity contribution in [1.29, 1.82) is 5.26 Å². The van der Waals surface area contributed by atoms with Crippen molar-refractivity contribution < 1.29 is 9.59 Å². The Balaban J connectivity index is 1.63. The number of rotatable bonds is 5. The Labute approximate surface area is 199 Å². The van der Waals surface area contributed by atoms with Gasteiger partial charge in [-0.15, -0.1) is 0 Å². The molecule has 168 valence electrons. The van der Waals surface area contributed by atoms with Crippen LogP contribution < -0.4 is 10.6 Å². The van der Waals surface area contributed by atoms with E-state index in [0.717, 1.165) is 46.5 Å². The number of nitrogens with zero attached hydrogens (tertiary/aromatic N) is 1. The van der Waals surface area contributed by atoms with Gasteiger partial charge in [-0.1, -0.05) is 48.2 Å². The third kappa shape index (κ3) is 4.74. The van der Waals surface area contributed by atoms with E-state index >= 15 is 0 Å². The Morgan fingerprint density at radius 1 is 1.15 bits per heavy atom. The number of amides is 1. The number of nitriles is 1. The Morgan fingerprint density at radius 3 is 2.70 bits per heavy atom. The average Bonchev–Trinajstić information content (AvgIpc) is 2.79. The van der Waals surface area contributed by atoms with E-state index in [0.29, 0.717) is 22.6 Å². The lowest BCUT2D eigenvalue weighted by Gasteiger charge is -2.33. The summed E-state index contributed by atoms with van der Waals surface area (Å²) in [4.78, 5) is 25.6. The van der Waals surface area contributed by atoms with Crippen LogP contribution in [0, 0.1) is 32.1 Å². The minimum absolute atomic E-state index is 0.0986. The molecule has 2 aromatic carbocycles. The van der Waals surface area contributed by atoms with Gasteiger partial charge < -0.3 is 10.6 Å². The molecular weight excluding hydrogens is 430 g/mol. The molecule has 1 aliphatic heterocycles. The first kappa shape index (κ1) is 22.9. The van der Waals surface area contributed by atoms with Crippen molar-refractivity contribution in [3.63, 3.8) is 0 Å². The van der Waals surface area contributed by atoms with Crippen molar-refractivity contribution in [2.24, 2.45) is 0 Å². The molecule has 0 saturated heterocycles. The van der Waals surface area contributed by atoms with Crippen LogP contribution in [0.3, 0.4) is 0 Å². The SMILES string of the molecule is Cc1ccc(C)c(NC(=O)CSC2=C(C#N)C(c3ccccc3C)C3=C(CCCC3=O)N2)c1. The number of allylic oxidation sites excluding steroid dienone is 3. The van der Waals surface area contributed by atoms with Crippen LogP contribution in [0.15, 0.2) is 64.3 Å². The van der Waals surface area contributed by atoms with Gasteiger partial charge in [0.05, 0.1) is 28.3 Å². The number of nitrogens with one attached hydrogen (secondary N) is 2. The second kappa shape index (κ2) is 9.68. The maximum absolute atomic E-state index is 12.9. The zero-order valence-corrected chi connectivity index (χ0v) is 19.9. The number of Topliss-reactive ketones (excluding diaryl/α,β-unsaturated/α-hetero) is 1. The third-order valence-corrected chi connectivity index (χ3v) is 7.19. The number of carbonyl (C=O) groups excluding carboxylic acids is 2. The van der Waals surface area contributed by atoms with E-state index in [1.807, 2.05) is 63.2 Å². The van der Waals surface area contributed by atoms with Gasteiger partial charge in [-0.05, 0) is 61.9 Å². The number of benzene rings is 2. The van der Waals surface area contributed by atoms with Crippen LogP contribution in [0.1, 0.15) is 47.4 Å². The zero-order valence-electron chi connectivity index (χ0n) is 19.1. The molecule has 2 aromatic rings. The maximum Gasteiger partial charge on any atom is 0.234 e. The van der Waals surface area contributed by atoms with Crippen molar-refractivity contribution >= 4 is 29.1 Å². The quantitative estimate of drug-likeness (QED) is 0.627. The normalized spacial score (nSPS) is 17.9. The molecule has 1 heterocycles. The lowest BCUT2D eigenvalue weighted by Crippen LogP contribution is -2.32. The third-order valence-electron chi connectivity index (χ3n) is 6.18. The van der Waals surface area contributed by atoms with Gasteiger partial charge in [0, 0.05) is 23.4 Å². The molecule has 1 aliphatic carbocycles. The summed E-state index contributed by atoms with van der Waals surface area (Å²) >= 11 is 1.32. The largest absolute Gasteiger partial charge is 0.352 e. The number of hydrogen-bond donors (Lipinski definition) is 2. The van der Waals surface area contributed by atoms with Gasteiger partial charge in [0.15, 0.2) is 5.78 Å². The smallest absolute Gasteiger partial charge is 0.234 e. The second-order valence-electron chi connectivity index (χ2n) is 8.59. The number of ketones is 1. The Morgan fingerprint density at radius 2 is 1.94 bits per heavy atom. The van der Waals surface area contributed by atoms with Gasteiger partial charge in [-0.3, -0.25) is 9.59 Å². The lowest BCUT2D eigenvalue weighted by atomic mass is 9.76. The van der Waals surface area contributed by atoms with Crippen molar-refractivity contribution in [3.8, 4) is 6.07 Å². The standard InChI is InChI=1S/C27H27N3O2S/c1-16-11-12-18(3)22(13-16)29-24(32)15-33-27-20(14-28)25(19-8-5-4-7-17(19)2)26-21(30-27)9-6-10-23(26)31/h4-5,7-8,11-13,25,30H,6,9-10,15H2,1-3H3,(H,29,32). The first-order chi connectivity index (χ1) is 15.9. The molecule has 6 heteroatoms. The topological polar surface area (TPSA) is 82.0 Å². The molecule has 4 rings (SSSR count). The van der Waals surface area contributed by atoms with E-state index in [2.05, 4.69) is 16.7 Å². The molecule has 0 spiro atoms. The molecule has 0 fully saturated rings. The summed E-state index contributed by atoms with van der Waals surface area (Å²) in [7, 11) is 0. The molecule has 2 N–H and O–H groups in total. The maximum atomic E-state index is 12.9. The highest BCUT2D eigenvalue weighted by Crippen LogP contribution is 2.44. The summed E-state index contributed by atoms with van der Waals surface area (Å²) in [6.07, 6.45) is 2.06. The fourth-order valence-electron chi connectivity index (χ4n) is 4.45. The van der Waals surface area contributed by atoms with Crippen molar-refractivity contribution in [3.05, 3.63) is 86.6 Å². The summed E-state index contributed by atoms with van der Waals surface area (Å²) in [5.74, 6) is -0.267. The molecular formula is C27H27N3O2S. The fourth-order valence-corrected chi connectivity index (χ4v) is 5.32. The van der Waals surface area contributed by atoms with E-state index in [9.17, 15) is 14.9 Å². The number of aryl methyl sites for hydroxylation is 3. The molecule has 1 unspecified atom stereocenters. The monoisotopic (exact) mass is 457 g/mol. The number of anilines is 1. The van der Waals surface area contributed by atoms with Crippen LogP contribution in [0.25, 0.3) is 0 Å². The minimum atomic E-state index is -0.398. The number of carbonyl (C=O) groups is 2. The molecule has 0 bridgehead atoms. The van der Waals surface area contributed by atoms with E-state index in [4.69, 9.17) is 0 Å². The summed E-state index contributed by atoms with van der Waals surface area (Å²) in [6, 6.07) is 16.2. The van der Waals surface area contributed by atoms with Crippen molar-refractivity contribution in [2.75, 3.05) is 11.1 Å². The molecule has 0 radical (unpaired) electrons. The summed E-state index contributed by atoms with van der Waals surface area (Å²) in [5.41, 5.74) is 6.98.